The number of alkyl halides is 3. The smallest absolute Gasteiger partial charge is 0.416 e. The Kier molecular flexibility index (Phi) is 4.57. The lowest BCUT2D eigenvalue weighted by Gasteiger charge is -2.28. The zero-order valence-corrected chi connectivity index (χ0v) is 13.8. The summed E-state index contributed by atoms with van der Waals surface area (Å²) < 4.78 is 38.4. The Morgan fingerprint density at radius 3 is 2.50 bits per heavy atom. The largest absolute Gasteiger partial charge is 0.507 e. The minimum Gasteiger partial charge on any atom is -0.507 e. The first-order chi connectivity index (χ1) is 12.2. The fraction of sp³-hybridized carbons (Fsp3) is 0.353. The van der Waals surface area contributed by atoms with Gasteiger partial charge in [0.05, 0.1) is 23.8 Å². The molecule has 26 heavy (non-hydrogen) atoms. The number of phenolic OH excluding ortho intramolecular Hbond substituents is 1. The Morgan fingerprint density at radius 2 is 1.96 bits per heavy atom. The number of anilines is 1. The van der Waals surface area contributed by atoms with E-state index in [1.165, 1.54) is 24.0 Å². The Labute approximate surface area is 146 Å². The molecule has 1 atom stereocenters. The summed E-state index contributed by atoms with van der Waals surface area (Å²) in [5.74, 6) is -0.536. The summed E-state index contributed by atoms with van der Waals surface area (Å²) in [5, 5.41) is 27.4. The normalized spacial score (nSPS) is 18.3. The van der Waals surface area contributed by atoms with Gasteiger partial charge in [-0.2, -0.15) is 13.2 Å². The molecule has 0 saturated carbocycles. The summed E-state index contributed by atoms with van der Waals surface area (Å²) in [7, 11) is 0. The van der Waals surface area contributed by atoms with Crippen LogP contribution in [-0.2, 0) is 11.0 Å². The van der Waals surface area contributed by atoms with Crippen LogP contribution in [0.3, 0.4) is 0 Å². The van der Waals surface area contributed by atoms with Crippen LogP contribution in [0.2, 0.25) is 0 Å². The highest BCUT2D eigenvalue weighted by molar-refractivity contribution is 5.93. The highest BCUT2D eigenvalue weighted by Crippen LogP contribution is 2.38. The van der Waals surface area contributed by atoms with Gasteiger partial charge in [0.1, 0.15) is 5.75 Å². The molecule has 1 aliphatic heterocycles. The monoisotopic (exact) mass is 367 g/mol. The summed E-state index contributed by atoms with van der Waals surface area (Å²) in [4.78, 5) is 13.3. The average Bonchev–Trinajstić information content (AvgIpc) is 2.54. The van der Waals surface area contributed by atoms with Gasteiger partial charge in [-0.1, -0.05) is 0 Å². The molecule has 0 radical (unpaired) electrons. The topological polar surface area (TPSA) is 86.5 Å². The lowest BCUT2D eigenvalue weighted by Crippen LogP contribution is -2.41. The third kappa shape index (κ3) is 3.48. The van der Waals surface area contributed by atoms with Crippen molar-refractivity contribution >= 4 is 11.7 Å². The second kappa shape index (κ2) is 6.56. The van der Waals surface area contributed by atoms with Gasteiger partial charge in [-0.05, 0) is 43.2 Å². The molecule has 1 fully saturated rings. The number of hydrogen-bond donors (Lipinski definition) is 2. The Bertz CT molecular complexity index is 814. The Hall–Kier alpha value is -2.68. The van der Waals surface area contributed by atoms with Crippen LogP contribution in [0.5, 0.6) is 5.75 Å². The van der Waals surface area contributed by atoms with Crippen molar-refractivity contribution in [3.05, 3.63) is 35.4 Å². The molecular formula is C17H16F3N3O3. The van der Waals surface area contributed by atoms with Gasteiger partial charge in [0, 0.05) is 12.1 Å². The number of aryl methyl sites for hydroxylation is 1. The van der Waals surface area contributed by atoms with E-state index < -0.39 is 23.6 Å². The van der Waals surface area contributed by atoms with E-state index in [1.807, 2.05) is 0 Å². The van der Waals surface area contributed by atoms with Gasteiger partial charge in [0.25, 0.3) is 0 Å². The van der Waals surface area contributed by atoms with Crippen molar-refractivity contribution in [2.75, 3.05) is 11.4 Å². The number of amides is 1. The van der Waals surface area contributed by atoms with Gasteiger partial charge in [-0.25, -0.2) is 0 Å². The number of rotatable bonds is 2. The molecule has 0 aliphatic carbocycles. The molecule has 0 bridgehead atoms. The predicted octanol–water partition coefficient (Wildman–Crippen LogP) is 2.66. The lowest BCUT2D eigenvalue weighted by atomic mass is 10.0. The van der Waals surface area contributed by atoms with Gasteiger partial charge >= 0.3 is 6.18 Å². The first-order valence-electron chi connectivity index (χ1n) is 7.90. The number of carbonyl (C=O) groups is 1. The highest BCUT2D eigenvalue weighted by atomic mass is 19.4. The molecule has 2 N–H and O–H groups in total. The quantitative estimate of drug-likeness (QED) is 0.852. The molecule has 0 unspecified atom stereocenters. The summed E-state index contributed by atoms with van der Waals surface area (Å²) >= 11 is 0. The van der Waals surface area contributed by atoms with E-state index in [9.17, 15) is 28.2 Å². The first kappa shape index (κ1) is 18.1. The van der Waals surface area contributed by atoms with Crippen LogP contribution in [0.4, 0.5) is 19.0 Å². The van der Waals surface area contributed by atoms with Gasteiger partial charge in [-0.3, -0.25) is 9.69 Å². The zero-order chi connectivity index (χ0) is 19.1. The SMILES string of the molecule is Cc1cc(C(F)(F)F)cc(O)c1-c1ccc(N2CC[C@@H](O)CC2=O)nn1. The molecule has 1 saturated heterocycles. The van der Waals surface area contributed by atoms with Gasteiger partial charge in [-0.15, -0.1) is 10.2 Å². The molecule has 1 aromatic carbocycles. The van der Waals surface area contributed by atoms with Crippen molar-refractivity contribution in [3.63, 3.8) is 0 Å². The third-order valence-corrected chi connectivity index (χ3v) is 4.22. The highest BCUT2D eigenvalue weighted by Gasteiger charge is 2.32. The maximum atomic E-state index is 12.8. The maximum Gasteiger partial charge on any atom is 0.416 e. The van der Waals surface area contributed by atoms with Crippen molar-refractivity contribution in [3.8, 4) is 17.0 Å². The number of nitrogens with zero attached hydrogens (tertiary/aromatic N) is 3. The van der Waals surface area contributed by atoms with Crippen molar-refractivity contribution in [1.82, 2.24) is 10.2 Å². The lowest BCUT2D eigenvalue weighted by molar-refractivity contribution is -0.137. The molecule has 0 spiro atoms. The average molecular weight is 367 g/mol. The molecule has 2 heterocycles. The molecule has 2 aromatic rings. The van der Waals surface area contributed by atoms with Crippen LogP contribution < -0.4 is 4.90 Å². The molecule has 9 heteroatoms. The van der Waals surface area contributed by atoms with E-state index in [-0.39, 0.29) is 35.0 Å². The summed E-state index contributed by atoms with van der Waals surface area (Å²) in [6.45, 7) is 1.74. The molecule has 1 aliphatic rings. The number of benzene rings is 1. The van der Waals surface area contributed by atoms with E-state index in [0.717, 1.165) is 6.07 Å². The molecule has 1 amide bonds. The van der Waals surface area contributed by atoms with E-state index in [4.69, 9.17) is 0 Å². The third-order valence-electron chi connectivity index (χ3n) is 4.22. The van der Waals surface area contributed by atoms with Gasteiger partial charge < -0.3 is 10.2 Å². The molecule has 3 rings (SSSR count). The van der Waals surface area contributed by atoms with Crippen LogP contribution >= 0.6 is 0 Å². The number of aliphatic hydroxyl groups excluding tert-OH is 1. The summed E-state index contributed by atoms with van der Waals surface area (Å²) in [5.41, 5.74) is -0.394. The second-order valence-electron chi connectivity index (χ2n) is 6.15. The van der Waals surface area contributed by atoms with E-state index in [1.54, 1.807) is 0 Å². The second-order valence-corrected chi connectivity index (χ2v) is 6.15. The summed E-state index contributed by atoms with van der Waals surface area (Å²) in [6.07, 6.45) is -4.80. The fourth-order valence-electron chi connectivity index (χ4n) is 2.93. The number of aromatic nitrogens is 2. The Morgan fingerprint density at radius 1 is 1.23 bits per heavy atom. The minimum atomic E-state index is -4.56. The van der Waals surface area contributed by atoms with Crippen LogP contribution in [0, 0.1) is 6.92 Å². The standard InChI is InChI=1S/C17H16F3N3O3/c1-9-6-10(17(18,19)20)7-13(25)16(9)12-2-3-14(22-21-12)23-5-4-11(24)8-15(23)26/h2-3,6-7,11,24-25H,4-5,8H2,1H3/t11-/m1/s1. The summed E-state index contributed by atoms with van der Waals surface area (Å²) in [6, 6.07) is 4.57. The van der Waals surface area contributed by atoms with Gasteiger partial charge in [0.2, 0.25) is 5.91 Å². The number of aromatic hydroxyl groups is 1. The first-order valence-corrected chi connectivity index (χ1v) is 7.90. The molecule has 138 valence electrons. The van der Waals surface area contributed by atoms with E-state index in [0.29, 0.717) is 19.0 Å². The fourth-order valence-corrected chi connectivity index (χ4v) is 2.93. The number of piperidine rings is 1. The van der Waals surface area contributed by atoms with Crippen LogP contribution in [0.25, 0.3) is 11.3 Å². The van der Waals surface area contributed by atoms with Crippen molar-refractivity contribution in [2.45, 2.75) is 32.0 Å². The predicted molar refractivity (Wildman–Crippen MR) is 86.5 cm³/mol. The van der Waals surface area contributed by atoms with Crippen molar-refractivity contribution in [2.24, 2.45) is 0 Å². The minimum absolute atomic E-state index is 0.00221. The Balaban J connectivity index is 1.91. The van der Waals surface area contributed by atoms with Crippen molar-refractivity contribution < 1.29 is 28.2 Å². The molecular weight excluding hydrogens is 351 g/mol. The van der Waals surface area contributed by atoms with Crippen molar-refractivity contribution in [1.29, 1.82) is 0 Å². The maximum absolute atomic E-state index is 12.8. The molecule has 6 nitrogen and oxygen atoms in total. The van der Waals surface area contributed by atoms with E-state index >= 15 is 0 Å². The van der Waals surface area contributed by atoms with Crippen LogP contribution in [0.1, 0.15) is 24.0 Å². The van der Waals surface area contributed by atoms with Crippen LogP contribution in [0.15, 0.2) is 24.3 Å². The number of halogens is 3. The molecule has 1 aromatic heterocycles. The number of carbonyl (C=O) groups excluding carboxylic acids is 1. The number of aliphatic hydroxyl groups is 1. The zero-order valence-electron chi connectivity index (χ0n) is 13.8. The number of phenols is 1. The number of hydrogen-bond acceptors (Lipinski definition) is 5. The van der Waals surface area contributed by atoms with E-state index in [2.05, 4.69) is 10.2 Å². The van der Waals surface area contributed by atoms with Gasteiger partial charge in [0.15, 0.2) is 5.82 Å². The van der Waals surface area contributed by atoms with Crippen LogP contribution in [-0.4, -0.2) is 39.0 Å².